The third-order valence-corrected chi connectivity index (χ3v) is 3.22. The fourth-order valence-electron chi connectivity index (χ4n) is 1.91. The summed E-state index contributed by atoms with van der Waals surface area (Å²) in [4.78, 5) is 11.0. The van der Waals surface area contributed by atoms with Gasteiger partial charge in [-0.15, -0.1) is 0 Å². The van der Waals surface area contributed by atoms with E-state index in [2.05, 4.69) is 0 Å². The topological polar surface area (TPSA) is 63.3 Å². The molecule has 16 heavy (non-hydrogen) atoms. The van der Waals surface area contributed by atoms with Crippen LogP contribution in [0.25, 0.3) is 0 Å². The second-order valence-electron chi connectivity index (χ2n) is 4.47. The van der Waals surface area contributed by atoms with Crippen LogP contribution in [0, 0.1) is 6.92 Å². The normalized spacial score (nSPS) is 13.6. The molecule has 0 aliphatic heterocycles. The number of carboxylic acid groups (broad SMARTS) is 1. The van der Waals surface area contributed by atoms with Gasteiger partial charge in [-0.2, -0.15) is 0 Å². The highest BCUT2D eigenvalue weighted by molar-refractivity contribution is 6.31. The molecule has 1 unspecified atom stereocenters. The monoisotopic (exact) mass is 241 g/mol. The molecule has 0 aromatic heterocycles. The van der Waals surface area contributed by atoms with Crippen molar-refractivity contribution in [3.63, 3.8) is 0 Å². The summed E-state index contributed by atoms with van der Waals surface area (Å²) in [5, 5.41) is 9.55. The van der Waals surface area contributed by atoms with Crippen molar-refractivity contribution in [3.05, 3.63) is 34.3 Å². The Balaban J connectivity index is 3.31. The molecule has 1 atom stereocenters. The Kier molecular flexibility index (Phi) is 3.61. The molecule has 3 N–H and O–H groups in total. The molecule has 1 aromatic rings. The van der Waals surface area contributed by atoms with E-state index in [1.54, 1.807) is 19.9 Å². The molecule has 0 saturated carbocycles. The number of carbonyl (C=O) groups is 1. The highest BCUT2D eigenvalue weighted by Crippen LogP contribution is 2.34. The van der Waals surface area contributed by atoms with Gasteiger partial charge in [0, 0.05) is 10.4 Å². The van der Waals surface area contributed by atoms with Crippen molar-refractivity contribution >= 4 is 17.6 Å². The summed E-state index contributed by atoms with van der Waals surface area (Å²) in [5.41, 5.74) is 6.76. The SMILES string of the molecule is Cc1cccc(Cl)c1C(C)(C)C(N)C(=O)O. The molecule has 1 rings (SSSR count). The van der Waals surface area contributed by atoms with Gasteiger partial charge in [0.1, 0.15) is 6.04 Å². The lowest BCUT2D eigenvalue weighted by molar-refractivity contribution is -0.140. The summed E-state index contributed by atoms with van der Waals surface area (Å²) in [5.74, 6) is -1.02. The third-order valence-electron chi connectivity index (χ3n) is 2.91. The molecular formula is C12H16ClNO2. The Bertz CT molecular complexity index is 395. The summed E-state index contributed by atoms with van der Waals surface area (Å²) < 4.78 is 0. The van der Waals surface area contributed by atoms with Gasteiger partial charge in [-0.3, -0.25) is 4.79 Å². The fourth-order valence-corrected chi connectivity index (χ4v) is 2.38. The number of nitrogens with two attached hydrogens (primary N) is 1. The van der Waals surface area contributed by atoms with E-state index in [4.69, 9.17) is 22.4 Å². The van der Waals surface area contributed by atoms with Crippen LogP contribution in [0.3, 0.4) is 0 Å². The second-order valence-corrected chi connectivity index (χ2v) is 4.88. The van der Waals surface area contributed by atoms with Crippen molar-refractivity contribution in [2.75, 3.05) is 0 Å². The average Bonchev–Trinajstić information content (AvgIpc) is 2.15. The van der Waals surface area contributed by atoms with Gasteiger partial charge in [-0.1, -0.05) is 37.6 Å². The van der Waals surface area contributed by atoms with Crippen LogP contribution in [0.15, 0.2) is 18.2 Å². The number of hydrogen-bond acceptors (Lipinski definition) is 2. The highest BCUT2D eigenvalue weighted by Gasteiger charge is 2.36. The Hall–Kier alpha value is -1.06. The van der Waals surface area contributed by atoms with E-state index in [1.807, 2.05) is 19.1 Å². The van der Waals surface area contributed by atoms with E-state index in [-0.39, 0.29) is 0 Å². The molecule has 0 fully saturated rings. The van der Waals surface area contributed by atoms with Crippen LogP contribution in [0.1, 0.15) is 25.0 Å². The minimum Gasteiger partial charge on any atom is -0.480 e. The Morgan fingerprint density at radius 3 is 2.50 bits per heavy atom. The molecule has 0 radical (unpaired) electrons. The minimum absolute atomic E-state index is 0.557. The first-order chi connectivity index (χ1) is 7.28. The number of aryl methyl sites for hydroxylation is 1. The van der Waals surface area contributed by atoms with Gasteiger partial charge in [0.2, 0.25) is 0 Å². The lowest BCUT2D eigenvalue weighted by atomic mass is 9.76. The average molecular weight is 242 g/mol. The lowest BCUT2D eigenvalue weighted by Crippen LogP contribution is -2.47. The zero-order valence-corrected chi connectivity index (χ0v) is 10.4. The van der Waals surface area contributed by atoms with Crippen molar-refractivity contribution in [2.45, 2.75) is 32.2 Å². The molecule has 0 spiro atoms. The first kappa shape index (κ1) is 13.0. The summed E-state index contributed by atoms with van der Waals surface area (Å²) >= 11 is 6.11. The van der Waals surface area contributed by atoms with Gasteiger partial charge in [-0.05, 0) is 24.1 Å². The summed E-state index contributed by atoms with van der Waals surface area (Å²) in [7, 11) is 0. The third kappa shape index (κ3) is 2.20. The van der Waals surface area contributed by atoms with Crippen LogP contribution in [-0.2, 0) is 10.2 Å². The van der Waals surface area contributed by atoms with Crippen LogP contribution in [0.4, 0.5) is 0 Å². The predicted molar refractivity (Wildman–Crippen MR) is 64.8 cm³/mol. The molecule has 0 heterocycles. The molecule has 0 amide bonds. The molecule has 4 heteroatoms. The summed E-state index contributed by atoms with van der Waals surface area (Å²) in [6, 6.07) is 4.51. The van der Waals surface area contributed by atoms with Gasteiger partial charge in [0.15, 0.2) is 0 Å². The van der Waals surface area contributed by atoms with Gasteiger partial charge >= 0.3 is 5.97 Å². The van der Waals surface area contributed by atoms with Gasteiger partial charge in [-0.25, -0.2) is 0 Å². The van der Waals surface area contributed by atoms with Gasteiger partial charge in [0.05, 0.1) is 0 Å². The molecule has 0 bridgehead atoms. The Morgan fingerprint density at radius 2 is 2.06 bits per heavy atom. The molecule has 0 aliphatic carbocycles. The first-order valence-electron chi connectivity index (χ1n) is 5.02. The summed E-state index contributed by atoms with van der Waals surface area (Å²) in [6.07, 6.45) is 0. The van der Waals surface area contributed by atoms with E-state index in [0.717, 1.165) is 11.1 Å². The Labute approximate surface area is 100 Å². The van der Waals surface area contributed by atoms with Crippen LogP contribution in [-0.4, -0.2) is 17.1 Å². The maximum atomic E-state index is 11.0. The summed E-state index contributed by atoms with van der Waals surface area (Å²) in [6.45, 7) is 5.48. The van der Waals surface area contributed by atoms with E-state index in [1.165, 1.54) is 0 Å². The quantitative estimate of drug-likeness (QED) is 0.854. The van der Waals surface area contributed by atoms with Crippen molar-refractivity contribution in [2.24, 2.45) is 5.73 Å². The smallest absolute Gasteiger partial charge is 0.321 e. The molecule has 1 aromatic carbocycles. The van der Waals surface area contributed by atoms with E-state index in [0.29, 0.717) is 5.02 Å². The number of halogens is 1. The molecular weight excluding hydrogens is 226 g/mol. The second kappa shape index (κ2) is 4.44. The van der Waals surface area contributed by atoms with Crippen molar-refractivity contribution < 1.29 is 9.90 Å². The fraction of sp³-hybridized carbons (Fsp3) is 0.417. The van der Waals surface area contributed by atoms with Crippen molar-refractivity contribution in [1.82, 2.24) is 0 Å². The minimum atomic E-state index is -1.02. The van der Waals surface area contributed by atoms with Crippen molar-refractivity contribution in [3.8, 4) is 0 Å². The van der Waals surface area contributed by atoms with Crippen LogP contribution >= 0.6 is 11.6 Å². The van der Waals surface area contributed by atoms with E-state index >= 15 is 0 Å². The molecule has 0 saturated heterocycles. The molecule has 3 nitrogen and oxygen atoms in total. The Morgan fingerprint density at radius 1 is 1.50 bits per heavy atom. The number of rotatable bonds is 3. The molecule has 88 valence electrons. The number of aliphatic carboxylic acids is 1. The highest BCUT2D eigenvalue weighted by atomic mass is 35.5. The zero-order valence-electron chi connectivity index (χ0n) is 9.62. The van der Waals surface area contributed by atoms with Gasteiger partial charge < -0.3 is 10.8 Å². The van der Waals surface area contributed by atoms with Gasteiger partial charge in [0.25, 0.3) is 0 Å². The van der Waals surface area contributed by atoms with E-state index in [9.17, 15) is 4.79 Å². The number of benzene rings is 1. The van der Waals surface area contributed by atoms with Crippen LogP contribution in [0.5, 0.6) is 0 Å². The zero-order chi connectivity index (χ0) is 12.5. The van der Waals surface area contributed by atoms with Crippen LogP contribution < -0.4 is 5.73 Å². The number of hydrogen-bond donors (Lipinski definition) is 2. The predicted octanol–water partition coefficient (Wildman–Crippen LogP) is 2.34. The van der Waals surface area contributed by atoms with E-state index < -0.39 is 17.4 Å². The lowest BCUT2D eigenvalue weighted by Gasteiger charge is -2.31. The van der Waals surface area contributed by atoms with Crippen LogP contribution in [0.2, 0.25) is 5.02 Å². The maximum absolute atomic E-state index is 11.0. The maximum Gasteiger partial charge on any atom is 0.321 e. The number of carboxylic acids is 1. The van der Waals surface area contributed by atoms with Crippen molar-refractivity contribution in [1.29, 1.82) is 0 Å². The largest absolute Gasteiger partial charge is 0.480 e. The standard InChI is InChI=1S/C12H16ClNO2/c1-7-5-4-6-8(13)9(7)12(2,3)10(14)11(15)16/h4-6,10H,14H2,1-3H3,(H,15,16). The molecule has 0 aliphatic rings. The first-order valence-corrected chi connectivity index (χ1v) is 5.40.